The molecule has 2 saturated heterocycles. The minimum Gasteiger partial charge on any atom is -0.378 e. The molecule has 6 nitrogen and oxygen atoms in total. The van der Waals surface area contributed by atoms with Crippen LogP contribution in [0.4, 0.5) is 0 Å². The Morgan fingerprint density at radius 2 is 2.15 bits per heavy atom. The molecule has 0 saturated carbocycles. The number of nitrogens with one attached hydrogen (secondary N) is 3. The average molecular weight is 391 g/mol. The second-order valence-corrected chi connectivity index (χ2v) is 7.52. The van der Waals surface area contributed by atoms with Crippen LogP contribution in [0.15, 0.2) is 36.4 Å². The predicted molar refractivity (Wildman–Crippen MR) is 106 cm³/mol. The van der Waals surface area contributed by atoms with Crippen LogP contribution in [0.5, 0.6) is 0 Å². The number of ether oxygens (including phenoxy) is 1. The number of hydrogen-bond acceptors (Lipinski definition) is 4. The molecule has 2 fully saturated rings. The van der Waals surface area contributed by atoms with Crippen molar-refractivity contribution in [3.63, 3.8) is 0 Å². The molecule has 0 aliphatic carbocycles. The largest absolute Gasteiger partial charge is 0.378 e. The molecule has 2 aliphatic heterocycles. The second kappa shape index (κ2) is 8.42. The molecule has 2 bridgehead atoms. The van der Waals surface area contributed by atoms with Crippen molar-refractivity contribution in [2.75, 3.05) is 7.11 Å². The van der Waals surface area contributed by atoms with Crippen molar-refractivity contribution in [2.24, 2.45) is 5.41 Å². The monoisotopic (exact) mass is 390 g/mol. The molecule has 1 amide bonds. The molecular weight excluding hydrogens is 364 g/mol. The lowest BCUT2D eigenvalue weighted by Crippen LogP contribution is -2.49. The van der Waals surface area contributed by atoms with Gasteiger partial charge in [0.1, 0.15) is 0 Å². The van der Waals surface area contributed by atoms with E-state index in [-0.39, 0.29) is 29.8 Å². The molecule has 0 radical (unpaired) electrons. The summed E-state index contributed by atoms with van der Waals surface area (Å²) in [5, 5.41) is 14.0. The minimum absolute atomic E-state index is 0. The first kappa shape index (κ1) is 19.9. The number of carbonyl (C=O) groups excluding carboxylic acids is 1. The number of amides is 1. The number of fused-ring (bicyclic) bond motifs is 2. The minimum atomic E-state index is -0.361. The van der Waals surface area contributed by atoms with Crippen LogP contribution in [-0.2, 0) is 29.1 Å². The van der Waals surface area contributed by atoms with E-state index < -0.39 is 0 Å². The molecule has 0 unspecified atom stereocenters. The third-order valence-corrected chi connectivity index (χ3v) is 5.75. The first-order valence-corrected chi connectivity index (χ1v) is 9.30. The van der Waals surface area contributed by atoms with Crippen molar-refractivity contribution in [1.29, 1.82) is 0 Å². The molecule has 4 rings (SSSR count). The van der Waals surface area contributed by atoms with Crippen LogP contribution < -0.4 is 10.6 Å². The number of H-pyrrole nitrogens is 1. The van der Waals surface area contributed by atoms with Crippen LogP contribution in [-0.4, -0.2) is 35.3 Å². The number of hydrogen-bond donors (Lipinski definition) is 3. The van der Waals surface area contributed by atoms with Gasteiger partial charge >= 0.3 is 0 Å². The third kappa shape index (κ3) is 4.03. The number of methoxy groups -OCH3 is 1. The molecule has 146 valence electrons. The zero-order valence-corrected chi connectivity index (χ0v) is 16.3. The highest BCUT2D eigenvalue weighted by atomic mass is 35.5. The van der Waals surface area contributed by atoms with Gasteiger partial charge in [-0.1, -0.05) is 30.3 Å². The number of carbonyl (C=O) groups is 1. The number of aromatic nitrogens is 2. The summed E-state index contributed by atoms with van der Waals surface area (Å²) in [6, 6.07) is 13.0. The highest BCUT2D eigenvalue weighted by molar-refractivity contribution is 5.85. The van der Waals surface area contributed by atoms with Crippen molar-refractivity contribution < 1.29 is 9.53 Å². The Hall–Kier alpha value is -1.89. The summed E-state index contributed by atoms with van der Waals surface area (Å²) in [7, 11) is 1.64. The number of aromatic amines is 1. The number of halogens is 1. The zero-order valence-electron chi connectivity index (χ0n) is 15.5. The number of nitrogens with zero attached hydrogens (tertiary/aromatic N) is 1. The zero-order chi connectivity index (χ0) is 18.0. The lowest BCUT2D eigenvalue weighted by atomic mass is 9.69. The molecule has 7 heteroatoms. The van der Waals surface area contributed by atoms with Crippen molar-refractivity contribution >= 4 is 18.3 Å². The van der Waals surface area contributed by atoms with Gasteiger partial charge in [-0.25, -0.2) is 0 Å². The Kier molecular flexibility index (Phi) is 6.19. The lowest BCUT2D eigenvalue weighted by molar-refractivity contribution is -0.132. The topological polar surface area (TPSA) is 79.0 Å². The molecule has 3 N–H and O–H groups in total. The summed E-state index contributed by atoms with van der Waals surface area (Å²) in [6.07, 6.45) is 3.95. The Morgan fingerprint density at radius 3 is 2.81 bits per heavy atom. The molecule has 0 spiro atoms. The summed E-state index contributed by atoms with van der Waals surface area (Å²) in [4.78, 5) is 13.3. The van der Waals surface area contributed by atoms with Crippen LogP contribution in [0.1, 0.15) is 36.2 Å². The maximum atomic E-state index is 13.3. The summed E-state index contributed by atoms with van der Waals surface area (Å²) >= 11 is 0. The fourth-order valence-corrected chi connectivity index (χ4v) is 4.56. The van der Waals surface area contributed by atoms with Crippen LogP contribution in [0.2, 0.25) is 0 Å². The van der Waals surface area contributed by atoms with Crippen molar-refractivity contribution in [2.45, 2.75) is 50.9 Å². The van der Waals surface area contributed by atoms with E-state index in [0.29, 0.717) is 19.2 Å². The molecular formula is C20H27ClN4O2. The van der Waals surface area contributed by atoms with Gasteiger partial charge in [-0.05, 0) is 37.3 Å². The van der Waals surface area contributed by atoms with Crippen molar-refractivity contribution in [3.05, 3.63) is 53.3 Å². The summed E-state index contributed by atoms with van der Waals surface area (Å²) in [5.74, 6) is 0.143. The van der Waals surface area contributed by atoms with Gasteiger partial charge in [0.05, 0.1) is 30.0 Å². The van der Waals surface area contributed by atoms with Gasteiger partial charge in [0, 0.05) is 19.2 Å². The molecule has 3 atom stereocenters. The highest BCUT2D eigenvalue weighted by Crippen LogP contribution is 2.45. The third-order valence-electron chi connectivity index (χ3n) is 5.75. The Labute approximate surface area is 165 Å². The number of rotatable bonds is 7. The molecule has 2 aliphatic rings. The smallest absolute Gasteiger partial charge is 0.228 e. The van der Waals surface area contributed by atoms with E-state index in [1.165, 1.54) is 12.0 Å². The summed E-state index contributed by atoms with van der Waals surface area (Å²) in [5.41, 5.74) is 2.61. The molecule has 1 aromatic carbocycles. The van der Waals surface area contributed by atoms with E-state index in [9.17, 15) is 4.79 Å². The van der Waals surface area contributed by atoms with E-state index in [4.69, 9.17) is 4.74 Å². The quantitative estimate of drug-likeness (QED) is 0.678. The van der Waals surface area contributed by atoms with Crippen molar-refractivity contribution in [1.82, 2.24) is 20.8 Å². The first-order chi connectivity index (χ1) is 12.7. The van der Waals surface area contributed by atoms with Gasteiger partial charge in [0.2, 0.25) is 5.91 Å². The Bertz CT molecular complexity index is 766. The van der Waals surface area contributed by atoms with E-state index in [0.717, 1.165) is 30.7 Å². The average Bonchev–Trinajstić information content (AvgIpc) is 3.37. The van der Waals surface area contributed by atoms with Crippen LogP contribution in [0.25, 0.3) is 0 Å². The molecule has 3 heterocycles. The van der Waals surface area contributed by atoms with E-state index in [1.54, 1.807) is 7.11 Å². The van der Waals surface area contributed by atoms with Gasteiger partial charge < -0.3 is 15.4 Å². The first-order valence-electron chi connectivity index (χ1n) is 9.30. The van der Waals surface area contributed by atoms with Crippen LogP contribution in [0.3, 0.4) is 0 Å². The molecule has 27 heavy (non-hydrogen) atoms. The van der Waals surface area contributed by atoms with Gasteiger partial charge in [-0.15, -0.1) is 12.4 Å². The van der Waals surface area contributed by atoms with Gasteiger partial charge in [-0.2, -0.15) is 5.10 Å². The maximum absolute atomic E-state index is 13.3. The normalized spacial score (nSPS) is 26.0. The summed E-state index contributed by atoms with van der Waals surface area (Å²) < 4.78 is 5.09. The van der Waals surface area contributed by atoms with Crippen LogP contribution >= 0.6 is 12.4 Å². The maximum Gasteiger partial charge on any atom is 0.228 e. The van der Waals surface area contributed by atoms with E-state index >= 15 is 0 Å². The lowest BCUT2D eigenvalue weighted by Gasteiger charge is -2.35. The Morgan fingerprint density at radius 1 is 1.33 bits per heavy atom. The van der Waals surface area contributed by atoms with Crippen LogP contribution in [0, 0.1) is 5.41 Å². The van der Waals surface area contributed by atoms with E-state index in [1.807, 2.05) is 24.3 Å². The fraction of sp³-hybridized carbons (Fsp3) is 0.500. The SMILES string of the molecule is COCc1cc(CNC(=O)[C@]2(Cc3ccccc3)C[C@@H]3CC[C@H]2N3)[nH]n1.Cl. The summed E-state index contributed by atoms with van der Waals surface area (Å²) in [6.45, 7) is 0.930. The van der Waals surface area contributed by atoms with Gasteiger partial charge in [-0.3, -0.25) is 9.89 Å². The predicted octanol–water partition coefficient (Wildman–Crippen LogP) is 2.35. The van der Waals surface area contributed by atoms with Gasteiger partial charge in [0.15, 0.2) is 0 Å². The van der Waals surface area contributed by atoms with E-state index in [2.05, 4.69) is 33.0 Å². The Balaban J connectivity index is 0.00000210. The van der Waals surface area contributed by atoms with Gasteiger partial charge in [0.25, 0.3) is 0 Å². The molecule has 2 aromatic rings. The molecule has 1 aromatic heterocycles. The van der Waals surface area contributed by atoms with Crippen molar-refractivity contribution in [3.8, 4) is 0 Å². The second-order valence-electron chi connectivity index (χ2n) is 7.52. The number of benzene rings is 1. The standard InChI is InChI=1S/C20H26N4O2.ClH/c1-26-13-17-9-16(23-24-17)12-21-19(25)20(10-14-5-3-2-4-6-14)11-15-7-8-18(20)22-15;/h2-6,9,15,18,22H,7-8,10-13H2,1H3,(H,21,25)(H,23,24);1H/t15-,18+,20+;/m0./s1. The fourth-order valence-electron chi connectivity index (χ4n) is 4.56. The highest BCUT2D eigenvalue weighted by Gasteiger charge is 2.55.